The number of hydrogen-bond donors (Lipinski definition) is 5. The van der Waals surface area contributed by atoms with E-state index in [1.54, 1.807) is 31.4 Å². The van der Waals surface area contributed by atoms with Gasteiger partial charge in [-0.1, -0.05) is 12.1 Å². The Morgan fingerprint density at radius 2 is 1.69 bits per heavy atom. The van der Waals surface area contributed by atoms with Crippen LogP contribution in [0.5, 0.6) is 11.5 Å². The van der Waals surface area contributed by atoms with Gasteiger partial charge in [0.05, 0.1) is 25.5 Å². The lowest BCUT2D eigenvalue weighted by Gasteiger charge is -2.15. The van der Waals surface area contributed by atoms with Gasteiger partial charge in [-0.2, -0.15) is 24.9 Å². The monoisotopic (exact) mass is 637 g/mol. The van der Waals surface area contributed by atoms with Crippen LogP contribution < -0.4 is 31.0 Å². The van der Waals surface area contributed by atoms with Crippen LogP contribution in [0.1, 0.15) is 11.1 Å². The van der Waals surface area contributed by atoms with Crippen molar-refractivity contribution in [2.75, 3.05) is 31.5 Å². The standard InChI is InChI=1S/C22H29N5O6S2.C2HF3O2/c1-13-5-7-15(35(24,30)31)11-16(13)25-21(29)17(12-34-4)26-22(23)27-20(28)10-14-6-8-18(32-2)19(9-14)33-3;3-2(4,5)1(6)7/h5-9,11,17H,10,12H2,1-4H3,(H,25,29)(H2,24,30,31)(H3,23,26,27,28);(H,6,7)/t17-;/m1./s1. The number of carbonyl (C=O) groups excluding carboxylic acids is 2. The van der Waals surface area contributed by atoms with Gasteiger partial charge < -0.3 is 25.6 Å². The summed E-state index contributed by atoms with van der Waals surface area (Å²) in [5.74, 6) is -2.64. The molecule has 0 bridgehead atoms. The van der Waals surface area contributed by atoms with Crippen molar-refractivity contribution >= 4 is 51.2 Å². The minimum atomic E-state index is -5.08. The maximum absolute atomic E-state index is 12.9. The molecule has 7 N–H and O–H groups in total. The molecule has 2 rings (SSSR count). The number of nitrogens with two attached hydrogens (primary N) is 2. The number of sulfonamides is 1. The summed E-state index contributed by atoms with van der Waals surface area (Å²) in [6.45, 7) is 1.71. The van der Waals surface area contributed by atoms with E-state index in [0.717, 1.165) is 0 Å². The third-order valence-corrected chi connectivity index (χ3v) is 6.60. The van der Waals surface area contributed by atoms with Crippen LogP contribution in [0.25, 0.3) is 0 Å². The molecule has 232 valence electrons. The first-order chi connectivity index (χ1) is 19.4. The average Bonchev–Trinajstić information content (AvgIpc) is 2.88. The number of benzene rings is 2. The van der Waals surface area contributed by atoms with Gasteiger partial charge in [-0.15, -0.1) is 0 Å². The Labute approximate surface area is 243 Å². The van der Waals surface area contributed by atoms with Gasteiger partial charge >= 0.3 is 12.1 Å². The van der Waals surface area contributed by atoms with Gasteiger partial charge in [0.25, 0.3) is 0 Å². The molecule has 0 heterocycles. The van der Waals surface area contributed by atoms with E-state index in [1.807, 2.05) is 0 Å². The van der Waals surface area contributed by atoms with Crippen LogP contribution in [0.4, 0.5) is 18.9 Å². The van der Waals surface area contributed by atoms with Crippen molar-refractivity contribution in [1.29, 1.82) is 0 Å². The number of nitrogens with one attached hydrogen (secondary N) is 2. The van der Waals surface area contributed by atoms with E-state index in [0.29, 0.717) is 22.6 Å². The number of aryl methyl sites for hydroxylation is 1. The summed E-state index contributed by atoms with van der Waals surface area (Å²) in [5.41, 5.74) is 7.47. The van der Waals surface area contributed by atoms with Gasteiger partial charge in [0.2, 0.25) is 21.8 Å². The third-order valence-electron chi connectivity index (χ3n) is 5.04. The average molecular weight is 638 g/mol. The highest BCUT2D eigenvalue weighted by atomic mass is 32.2. The van der Waals surface area contributed by atoms with Gasteiger partial charge in [0.1, 0.15) is 6.04 Å². The van der Waals surface area contributed by atoms with Crippen molar-refractivity contribution in [3.05, 3.63) is 47.5 Å². The van der Waals surface area contributed by atoms with Gasteiger partial charge in [-0.05, 0) is 48.6 Å². The van der Waals surface area contributed by atoms with Crippen LogP contribution >= 0.6 is 11.8 Å². The van der Waals surface area contributed by atoms with Crippen molar-refractivity contribution in [2.24, 2.45) is 15.9 Å². The van der Waals surface area contributed by atoms with Crippen molar-refractivity contribution in [2.45, 2.75) is 30.5 Å². The molecule has 2 aromatic carbocycles. The number of carboxylic acids is 1. The predicted octanol–water partition coefficient (Wildman–Crippen LogP) is 1.64. The van der Waals surface area contributed by atoms with Crippen molar-refractivity contribution in [3.8, 4) is 11.5 Å². The fraction of sp³-hybridized carbons (Fsp3) is 0.333. The van der Waals surface area contributed by atoms with E-state index in [4.69, 9.17) is 30.2 Å². The summed E-state index contributed by atoms with van der Waals surface area (Å²) in [6, 6.07) is 8.30. The fourth-order valence-corrected chi connectivity index (χ4v) is 4.10. The number of carboxylic acid groups (broad SMARTS) is 1. The van der Waals surface area contributed by atoms with Crippen molar-refractivity contribution in [3.63, 3.8) is 0 Å². The highest BCUT2D eigenvalue weighted by molar-refractivity contribution is 7.98. The first kappa shape index (κ1) is 36.0. The predicted molar refractivity (Wildman–Crippen MR) is 150 cm³/mol. The zero-order valence-electron chi connectivity index (χ0n) is 22.8. The summed E-state index contributed by atoms with van der Waals surface area (Å²) in [5, 5.41) is 17.4. The SMILES string of the molecule is COc1ccc(CC(=O)NC(N)=N[C@H](CSC)C(=O)Nc2cc(S(N)(=O)=O)ccc2C)cc1OC.O=C(O)C(F)(F)F. The Hall–Kier alpha value is -4.03. The lowest BCUT2D eigenvalue weighted by Crippen LogP contribution is -2.40. The number of aliphatic imine (C=N–C) groups is 1. The number of ether oxygens (including phenoxy) is 2. The van der Waals surface area contributed by atoms with Crippen LogP contribution in [0.3, 0.4) is 0 Å². The zero-order valence-corrected chi connectivity index (χ0v) is 24.4. The highest BCUT2D eigenvalue weighted by Gasteiger charge is 2.38. The number of aliphatic carboxylic acids is 1. The molecule has 0 aromatic heterocycles. The summed E-state index contributed by atoms with van der Waals surface area (Å²) >= 11 is 1.35. The van der Waals surface area contributed by atoms with E-state index in [9.17, 15) is 31.2 Å². The van der Waals surface area contributed by atoms with E-state index in [2.05, 4.69) is 15.6 Å². The minimum absolute atomic E-state index is 0.00445. The molecule has 0 aliphatic heterocycles. The first-order valence-electron chi connectivity index (χ1n) is 11.5. The van der Waals surface area contributed by atoms with Crippen LogP contribution in [-0.4, -0.2) is 75.7 Å². The van der Waals surface area contributed by atoms with Gasteiger partial charge in [-0.25, -0.2) is 23.3 Å². The number of methoxy groups -OCH3 is 2. The van der Waals surface area contributed by atoms with Gasteiger partial charge in [0.15, 0.2) is 17.5 Å². The molecule has 0 saturated heterocycles. The Morgan fingerprint density at radius 1 is 1.10 bits per heavy atom. The van der Waals surface area contributed by atoms with Crippen LogP contribution in [0.15, 0.2) is 46.3 Å². The highest BCUT2D eigenvalue weighted by Crippen LogP contribution is 2.27. The van der Waals surface area contributed by atoms with Crippen LogP contribution in [0, 0.1) is 6.92 Å². The fourth-order valence-electron chi connectivity index (χ4n) is 3.02. The smallest absolute Gasteiger partial charge is 0.490 e. The molecule has 42 heavy (non-hydrogen) atoms. The van der Waals surface area contributed by atoms with Crippen molar-refractivity contribution in [1.82, 2.24) is 5.32 Å². The number of nitrogens with zero attached hydrogens (tertiary/aromatic N) is 1. The molecule has 13 nitrogen and oxygen atoms in total. The van der Waals surface area contributed by atoms with E-state index < -0.39 is 40.0 Å². The zero-order chi connectivity index (χ0) is 32.3. The second-order valence-electron chi connectivity index (χ2n) is 8.21. The minimum Gasteiger partial charge on any atom is -0.493 e. The molecule has 0 unspecified atom stereocenters. The normalized spacial score (nSPS) is 12.3. The first-order valence-corrected chi connectivity index (χ1v) is 14.4. The lowest BCUT2D eigenvalue weighted by atomic mass is 10.1. The molecule has 0 aliphatic rings. The van der Waals surface area contributed by atoms with Crippen LogP contribution in [0.2, 0.25) is 0 Å². The Balaban J connectivity index is 0.00000112. The molecule has 0 spiro atoms. The largest absolute Gasteiger partial charge is 0.493 e. The van der Waals surface area contributed by atoms with E-state index >= 15 is 0 Å². The Kier molecular flexibility index (Phi) is 13.6. The third kappa shape index (κ3) is 11.8. The molecule has 0 aliphatic carbocycles. The van der Waals surface area contributed by atoms with E-state index in [-0.39, 0.29) is 28.7 Å². The summed E-state index contributed by atoms with van der Waals surface area (Å²) in [4.78, 5) is 38.2. The molecular weight excluding hydrogens is 607 g/mol. The molecule has 2 amide bonds. The molecule has 1 atom stereocenters. The quantitative estimate of drug-likeness (QED) is 0.188. The summed E-state index contributed by atoms with van der Waals surface area (Å²) in [7, 11) is -0.930. The second-order valence-corrected chi connectivity index (χ2v) is 10.7. The number of hydrogen-bond acceptors (Lipinski definition) is 9. The second kappa shape index (κ2) is 15.8. The summed E-state index contributed by atoms with van der Waals surface area (Å²) in [6.07, 6.45) is -3.30. The topological polar surface area (TPSA) is 212 Å². The maximum atomic E-state index is 12.9. The Morgan fingerprint density at radius 3 is 2.19 bits per heavy atom. The number of rotatable bonds is 10. The number of halogens is 3. The number of thioether (sulfide) groups is 1. The van der Waals surface area contributed by atoms with E-state index in [1.165, 1.54) is 44.2 Å². The molecule has 0 radical (unpaired) electrons. The number of guanidine groups is 1. The molecule has 0 fully saturated rings. The lowest BCUT2D eigenvalue weighted by molar-refractivity contribution is -0.192. The molecule has 2 aromatic rings. The number of carbonyl (C=O) groups is 3. The molecule has 18 heteroatoms. The summed E-state index contributed by atoms with van der Waals surface area (Å²) < 4.78 is 65.4. The van der Waals surface area contributed by atoms with Gasteiger partial charge in [-0.3, -0.25) is 14.9 Å². The maximum Gasteiger partial charge on any atom is 0.490 e. The number of anilines is 1. The molecular formula is C24H30F3N5O8S2. The molecule has 0 saturated carbocycles. The van der Waals surface area contributed by atoms with Gasteiger partial charge in [0, 0.05) is 11.4 Å². The van der Waals surface area contributed by atoms with Crippen molar-refractivity contribution < 1.29 is 50.6 Å². The van der Waals surface area contributed by atoms with Crippen LogP contribution in [-0.2, 0) is 30.8 Å². The number of primary sulfonamides is 1. The number of alkyl halides is 3. The number of amides is 2. The Bertz CT molecular complexity index is 1420.